The average molecular weight is 1340 g/mol. The van der Waals surface area contributed by atoms with Gasteiger partial charge in [-0.3, -0.25) is 62.5 Å². The first-order chi connectivity index (χ1) is 44.4. The van der Waals surface area contributed by atoms with Gasteiger partial charge >= 0.3 is 0 Å². The zero-order valence-corrected chi connectivity index (χ0v) is 62.2. The van der Waals surface area contributed by atoms with Crippen LogP contribution >= 0.6 is 0 Å². The largest absolute Gasteiger partial charge is 0.379 e. The Kier molecular flexibility index (Phi) is 34.2. The van der Waals surface area contributed by atoms with E-state index in [1.165, 1.54) is 85.5 Å². The van der Waals surface area contributed by atoms with Gasteiger partial charge in [-0.25, -0.2) is 5.06 Å². The molecular weight excluding hydrogens is 1220 g/mol. The number of likely N-dealkylation sites (N-methyl/N-ethyl adjacent to an activating group) is 6. The summed E-state index contributed by atoms with van der Waals surface area (Å²) < 4.78 is 11.9. The highest BCUT2D eigenvalue weighted by Gasteiger charge is 2.55. The number of hydrogen-bond acceptors (Lipinski definition) is 15. The summed E-state index contributed by atoms with van der Waals surface area (Å²) in [5.74, 6) is -10.0. The van der Waals surface area contributed by atoms with Crippen molar-refractivity contribution >= 4 is 64.7 Å². The number of morpholine rings is 1. The van der Waals surface area contributed by atoms with Gasteiger partial charge in [-0.1, -0.05) is 109 Å². The van der Waals surface area contributed by atoms with E-state index in [0.717, 1.165) is 37.5 Å². The van der Waals surface area contributed by atoms with E-state index in [1.54, 1.807) is 48.5 Å². The van der Waals surface area contributed by atoms with E-state index in [4.69, 9.17) is 14.3 Å². The van der Waals surface area contributed by atoms with Crippen LogP contribution in [0.2, 0.25) is 0 Å². The van der Waals surface area contributed by atoms with E-state index in [-0.39, 0.29) is 68.8 Å². The number of ether oxygens (including phenoxy) is 2. The van der Waals surface area contributed by atoms with Crippen LogP contribution in [0.4, 0.5) is 0 Å². The van der Waals surface area contributed by atoms with Crippen molar-refractivity contribution < 1.29 is 67.1 Å². The molecule has 9 amide bonds. The van der Waals surface area contributed by atoms with Gasteiger partial charge in [-0.05, 0) is 114 Å². The third kappa shape index (κ3) is 22.9. The standard InChI is InChI=1S/C71H124N10O14/c1-24-26-27-30-47(13)62-61-64(85)73-53(25-2)68(89)74(18)50(16)66(87)79(23)60(51(17)94-34-29-28-31-80-32-35-93-36-33-80)58(83)41-52(45(9)10)67(88)75(19)54(37-42(3)4)57(82)40-48(14)63(84)72-49(15)65(86)76(20)55(38-43(5)6)69(90)77(21)56(39-44(7)8)70(91)78(22)59(46(11)12)71(92)81(61)95-62/h26-27,42-56,59-62H,24-25,28-41H2,1-23H3,(H,72,84)(H,73,85)/t47-,48-,49-,50-,51-,52+,53+,54+,55+,56+,59+,60+,61+,62-/m1/s1. The molecule has 3 fully saturated rings. The number of fused-ring (bicyclic) bond motifs is 1. The molecule has 0 unspecified atom stereocenters. The highest BCUT2D eigenvalue weighted by atomic mass is 16.7. The fraction of sp³-hybridized carbons (Fsp3) is 0.817. The molecule has 3 aliphatic rings. The Morgan fingerprint density at radius 2 is 1.06 bits per heavy atom. The Balaban J connectivity index is 2.29. The Hall–Kier alpha value is -5.85. The Morgan fingerprint density at radius 3 is 1.59 bits per heavy atom. The molecule has 24 nitrogen and oxygen atoms in total. The number of nitrogens with one attached hydrogen (secondary N) is 2. The molecule has 0 aromatic carbocycles. The molecular formula is C71H124N10O14. The second-order valence-electron chi connectivity index (χ2n) is 29.2. The van der Waals surface area contributed by atoms with E-state index in [1.807, 2.05) is 67.5 Å². The topological polar surface area (TPSA) is 265 Å². The monoisotopic (exact) mass is 1340 g/mol. The fourth-order valence-electron chi connectivity index (χ4n) is 13.1. The number of carbonyl (C=O) groups is 11. The zero-order valence-electron chi connectivity index (χ0n) is 62.2. The Morgan fingerprint density at radius 1 is 0.537 bits per heavy atom. The van der Waals surface area contributed by atoms with E-state index < -0.39 is 155 Å². The Labute approximate surface area is 569 Å². The molecule has 3 saturated heterocycles. The summed E-state index contributed by atoms with van der Waals surface area (Å²) in [6.45, 7) is 34.4. The van der Waals surface area contributed by atoms with Crippen LogP contribution in [0.1, 0.15) is 182 Å². The molecule has 2 N–H and O–H groups in total. The fourth-order valence-corrected chi connectivity index (χ4v) is 13.1. The van der Waals surface area contributed by atoms with Crippen LogP contribution in [0.25, 0.3) is 0 Å². The number of rotatable bonds is 20. The molecule has 3 rings (SSSR count). The molecule has 542 valence electrons. The quantitative estimate of drug-likeness (QED) is 0.104. The highest BCUT2D eigenvalue weighted by Crippen LogP contribution is 2.34. The van der Waals surface area contributed by atoms with Crippen LogP contribution in [0, 0.1) is 47.3 Å². The smallest absolute Gasteiger partial charge is 0.270 e. The lowest BCUT2D eigenvalue weighted by atomic mass is 9.85. The molecule has 0 aliphatic carbocycles. The summed E-state index contributed by atoms with van der Waals surface area (Å²) >= 11 is 0. The normalized spacial score (nSPS) is 28.6. The second-order valence-corrected chi connectivity index (χ2v) is 29.2. The maximum Gasteiger partial charge on any atom is 0.270 e. The summed E-state index contributed by atoms with van der Waals surface area (Å²) in [5.41, 5.74) is 0. The third-order valence-electron chi connectivity index (χ3n) is 19.3. The van der Waals surface area contributed by atoms with Gasteiger partial charge in [0.25, 0.3) is 5.91 Å². The number of carbonyl (C=O) groups excluding carboxylic acids is 11. The molecule has 0 aromatic heterocycles. The zero-order chi connectivity index (χ0) is 72.2. The van der Waals surface area contributed by atoms with E-state index in [0.29, 0.717) is 26.1 Å². The third-order valence-corrected chi connectivity index (χ3v) is 19.3. The molecule has 0 radical (unpaired) electrons. The number of nitrogens with zero attached hydrogens (tertiary/aromatic N) is 8. The SMILES string of the molecule is CCC=CC[C@@H](C)[C@H]1ON2C(=O)[C@H](C(C)C)N(C)C(=O)[C@H](CC(C)C)N(C)C(=O)[C@H](CC(C)C)N(C)C(=O)[C@@H](C)NC(=O)[C@H](C)CC(=O)[C@H](CC(C)C)N(C)C(=O)[C@H](C(C)C)CC(=O)[C@H]([C@@H](C)OCCCCN3CCOCC3)N(C)C(=O)[C@@H](C)N(C)C(=O)[C@H](CC)NC(=O)[C@H]12. The van der Waals surface area contributed by atoms with Gasteiger partial charge in [-0.2, -0.15) is 0 Å². The van der Waals surface area contributed by atoms with Gasteiger partial charge in [0, 0.05) is 86.7 Å². The van der Waals surface area contributed by atoms with Crippen molar-refractivity contribution in [1.29, 1.82) is 0 Å². The molecule has 3 aliphatic heterocycles. The van der Waals surface area contributed by atoms with Crippen LogP contribution in [0.15, 0.2) is 12.2 Å². The molecule has 0 saturated carbocycles. The molecule has 0 spiro atoms. The first kappa shape index (κ1) is 83.4. The maximum atomic E-state index is 15.2. The molecule has 3 heterocycles. The summed E-state index contributed by atoms with van der Waals surface area (Å²) in [6, 6.07) is -10.6. The van der Waals surface area contributed by atoms with Gasteiger partial charge < -0.3 is 49.5 Å². The molecule has 14 atom stereocenters. The summed E-state index contributed by atoms with van der Waals surface area (Å²) in [4.78, 5) is 180. The summed E-state index contributed by atoms with van der Waals surface area (Å²) in [7, 11) is 8.86. The van der Waals surface area contributed by atoms with Gasteiger partial charge in [0.2, 0.25) is 47.3 Å². The predicted octanol–water partition coefficient (Wildman–Crippen LogP) is 6.02. The minimum Gasteiger partial charge on any atom is -0.379 e. The van der Waals surface area contributed by atoms with Crippen molar-refractivity contribution in [2.24, 2.45) is 47.3 Å². The van der Waals surface area contributed by atoms with E-state index in [2.05, 4.69) is 15.5 Å². The van der Waals surface area contributed by atoms with Crippen molar-refractivity contribution in [3.05, 3.63) is 12.2 Å². The number of hydroxylamine groups is 2. The van der Waals surface area contributed by atoms with Crippen LogP contribution in [-0.4, -0.2) is 252 Å². The lowest BCUT2D eigenvalue weighted by Crippen LogP contribution is -2.72. The number of unbranched alkanes of at least 4 members (excludes halogenated alkanes) is 1. The van der Waals surface area contributed by atoms with Crippen molar-refractivity contribution in [2.45, 2.75) is 248 Å². The second kappa shape index (κ2) is 38.9. The van der Waals surface area contributed by atoms with Crippen LogP contribution < -0.4 is 10.6 Å². The van der Waals surface area contributed by atoms with Crippen molar-refractivity contribution in [3.63, 3.8) is 0 Å². The van der Waals surface area contributed by atoms with Gasteiger partial charge in [0.1, 0.15) is 48.4 Å². The molecule has 0 bridgehead atoms. The number of ketones is 2. The minimum atomic E-state index is -1.28. The van der Waals surface area contributed by atoms with Gasteiger partial charge in [0.15, 0.2) is 17.6 Å². The van der Waals surface area contributed by atoms with E-state index in [9.17, 15) is 28.8 Å². The predicted molar refractivity (Wildman–Crippen MR) is 365 cm³/mol. The first-order valence-corrected chi connectivity index (χ1v) is 35.2. The number of amides is 9. The minimum absolute atomic E-state index is 0.0667. The lowest BCUT2D eigenvalue weighted by Gasteiger charge is -2.50. The van der Waals surface area contributed by atoms with Crippen LogP contribution in [0.3, 0.4) is 0 Å². The summed E-state index contributed by atoms with van der Waals surface area (Å²) in [6.07, 6.45) is 4.91. The highest BCUT2D eigenvalue weighted by molar-refractivity contribution is 6.00. The van der Waals surface area contributed by atoms with Crippen LogP contribution in [0.5, 0.6) is 0 Å². The average Bonchev–Trinajstić information content (AvgIpc) is 0.758. The summed E-state index contributed by atoms with van der Waals surface area (Å²) in [5, 5.41) is 6.64. The first-order valence-electron chi connectivity index (χ1n) is 35.2. The van der Waals surface area contributed by atoms with Crippen molar-refractivity contribution in [3.8, 4) is 0 Å². The van der Waals surface area contributed by atoms with Crippen LogP contribution in [-0.2, 0) is 67.1 Å². The van der Waals surface area contributed by atoms with Crippen molar-refractivity contribution in [2.75, 3.05) is 81.7 Å². The number of hydrogen-bond donors (Lipinski definition) is 2. The number of allylic oxidation sites excluding steroid dienone is 2. The molecule has 95 heavy (non-hydrogen) atoms. The lowest BCUT2D eigenvalue weighted by molar-refractivity contribution is -0.321. The number of Topliss-reactive ketones (excluding diaryl/α,β-unsaturated/α-hetero) is 2. The maximum absolute atomic E-state index is 15.2. The molecule has 24 heteroatoms. The van der Waals surface area contributed by atoms with Gasteiger partial charge in [-0.15, -0.1) is 0 Å². The van der Waals surface area contributed by atoms with Crippen molar-refractivity contribution in [1.82, 2.24) is 50.0 Å². The Bertz CT molecular complexity index is 2610. The molecule has 0 aromatic rings. The van der Waals surface area contributed by atoms with Gasteiger partial charge in [0.05, 0.1) is 25.4 Å². The van der Waals surface area contributed by atoms with E-state index >= 15 is 24.0 Å².